The molecule has 142 valence electrons. The molecule has 0 N–H and O–H groups in total. The maximum atomic E-state index is 5.35. The third-order valence-electron chi connectivity index (χ3n) is 5.11. The number of anilines is 1. The molecule has 0 bridgehead atoms. The molecule has 2 aromatic carbocycles. The second-order valence-electron chi connectivity index (χ2n) is 6.81. The number of methoxy groups -OCH3 is 1. The van der Waals surface area contributed by atoms with E-state index in [2.05, 4.69) is 65.1 Å². The number of thiazole rings is 1. The van der Waals surface area contributed by atoms with Gasteiger partial charge in [-0.05, 0) is 55.2 Å². The summed E-state index contributed by atoms with van der Waals surface area (Å²) >= 11 is 1.80. The highest BCUT2D eigenvalue weighted by Crippen LogP contribution is 2.26. The standard InChI is InChI=1S/C22H25N2OS.HI/c1-23-20-16-19(25-2)11-12-21(20)26-22(23)13-8-17-6-9-18(10-7-17)24-14-4-3-5-15-24;/h6-13,16H,3-5,14-15H2,1-2H3;1H/q+1;/p-1. The predicted molar refractivity (Wildman–Crippen MR) is 111 cm³/mol. The Morgan fingerprint density at radius 2 is 1.74 bits per heavy atom. The number of fused-ring (bicyclic) bond motifs is 1. The van der Waals surface area contributed by atoms with Crippen molar-refractivity contribution in [3.63, 3.8) is 0 Å². The maximum absolute atomic E-state index is 5.35. The fourth-order valence-corrected chi connectivity index (χ4v) is 4.57. The summed E-state index contributed by atoms with van der Waals surface area (Å²) in [4.78, 5) is 2.50. The first-order chi connectivity index (χ1) is 12.7. The maximum Gasteiger partial charge on any atom is 0.262 e. The molecule has 4 rings (SSSR count). The minimum Gasteiger partial charge on any atom is -1.00 e. The zero-order chi connectivity index (χ0) is 17.9. The molecule has 5 heteroatoms. The van der Waals surface area contributed by atoms with Gasteiger partial charge in [0.2, 0.25) is 5.52 Å². The lowest BCUT2D eigenvalue weighted by atomic mass is 10.1. The molecule has 0 radical (unpaired) electrons. The van der Waals surface area contributed by atoms with Gasteiger partial charge in [0.1, 0.15) is 17.5 Å². The van der Waals surface area contributed by atoms with Gasteiger partial charge in [-0.2, -0.15) is 4.57 Å². The molecule has 0 unspecified atom stereocenters. The monoisotopic (exact) mass is 492 g/mol. The molecule has 0 atom stereocenters. The van der Waals surface area contributed by atoms with Gasteiger partial charge in [-0.25, -0.2) is 0 Å². The van der Waals surface area contributed by atoms with Crippen LogP contribution in [0.2, 0.25) is 0 Å². The average molecular weight is 492 g/mol. The van der Waals surface area contributed by atoms with Crippen molar-refractivity contribution in [3.8, 4) is 5.75 Å². The summed E-state index contributed by atoms with van der Waals surface area (Å²) in [5, 5.41) is 1.23. The predicted octanol–water partition coefficient (Wildman–Crippen LogP) is 1.90. The number of rotatable bonds is 4. The fourth-order valence-electron chi connectivity index (χ4n) is 3.53. The van der Waals surface area contributed by atoms with E-state index < -0.39 is 0 Å². The van der Waals surface area contributed by atoms with Crippen LogP contribution in [0.1, 0.15) is 29.8 Å². The summed E-state index contributed by atoms with van der Waals surface area (Å²) in [5.74, 6) is 0.898. The van der Waals surface area contributed by atoms with Crippen LogP contribution in [0, 0.1) is 0 Å². The molecule has 1 aliphatic heterocycles. The van der Waals surface area contributed by atoms with Gasteiger partial charge in [0.25, 0.3) is 5.01 Å². The molecule has 0 aliphatic carbocycles. The summed E-state index contributed by atoms with van der Waals surface area (Å²) in [6, 6.07) is 15.2. The lowest BCUT2D eigenvalue weighted by molar-refractivity contribution is -0.642. The Morgan fingerprint density at radius 1 is 1.00 bits per heavy atom. The first-order valence-corrected chi connectivity index (χ1v) is 10.1. The van der Waals surface area contributed by atoms with Gasteiger partial charge < -0.3 is 33.6 Å². The largest absolute Gasteiger partial charge is 1.00 e. The van der Waals surface area contributed by atoms with Crippen LogP contribution in [-0.4, -0.2) is 20.2 Å². The zero-order valence-electron chi connectivity index (χ0n) is 15.8. The fraction of sp³-hybridized carbons (Fsp3) is 0.318. The van der Waals surface area contributed by atoms with Crippen molar-refractivity contribution in [2.24, 2.45) is 7.05 Å². The molecule has 0 amide bonds. The minimum absolute atomic E-state index is 0. The van der Waals surface area contributed by atoms with Gasteiger partial charge in [-0.15, -0.1) is 0 Å². The van der Waals surface area contributed by atoms with Crippen LogP contribution in [0.3, 0.4) is 0 Å². The van der Waals surface area contributed by atoms with Crippen LogP contribution in [0.25, 0.3) is 22.4 Å². The first kappa shape index (κ1) is 20.1. The van der Waals surface area contributed by atoms with Crippen molar-refractivity contribution in [3.05, 3.63) is 53.0 Å². The van der Waals surface area contributed by atoms with Crippen molar-refractivity contribution in [2.45, 2.75) is 19.3 Å². The number of hydrogen-bond donors (Lipinski definition) is 0. The van der Waals surface area contributed by atoms with E-state index >= 15 is 0 Å². The van der Waals surface area contributed by atoms with Gasteiger partial charge in [0, 0.05) is 24.9 Å². The quantitative estimate of drug-likeness (QED) is 0.409. The molecule has 27 heavy (non-hydrogen) atoms. The molecule has 0 saturated carbocycles. The Balaban J connectivity index is 0.00000210. The lowest BCUT2D eigenvalue weighted by Gasteiger charge is -2.28. The SMILES string of the molecule is COc1ccc2sc(C=Cc3ccc(N4CCCCC4)cc3)[n+](C)c2c1.[I-]. The number of hydrogen-bond acceptors (Lipinski definition) is 3. The van der Waals surface area contributed by atoms with E-state index in [1.807, 2.05) is 6.07 Å². The number of benzene rings is 2. The third kappa shape index (κ3) is 4.46. The third-order valence-corrected chi connectivity index (χ3v) is 6.29. The Morgan fingerprint density at radius 3 is 2.44 bits per heavy atom. The van der Waals surface area contributed by atoms with Gasteiger partial charge in [-0.3, -0.25) is 0 Å². The molecule has 0 spiro atoms. The summed E-state index contributed by atoms with van der Waals surface area (Å²) in [6.07, 6.45) is 8.40. The number of ether oxygens (including phenoxy) is 1. The van der Waals surface area contributed by atoms with Crippen molar-refractivity contribution in [1.82, 2.24) is 0 Å². The normalized spacial score (nSPS) is 14.5. The number of nitrogens with zero attached hydrogens (tertiary/aromatic N) is 2. The Bertz CT molecular complexity index is 927. The summed E-state index contributed by atoms with van der Waals surface area (Å²) in [5.41, 5.74) is 3.79. The van der Waals surface area contributed by atoms with Crippen LogP contribution < -0.4 is 38.2 Å². The second-order valence-corrected chi connectivity index (χ2v) is 7.87. The number of halogens is 1. The van der Waals surface area contributed by atoms with Gasteiger partial charge in [0.05, 0.1) is 13.2 Å². The summed E-state index contributed by atoms with van der Waals surface area (Å²) < 4.78 is 8.84. The summed E-state index contributed by atoms with van der Waals surface area (Å²) in [7, 11) is 3.82. The van der Waals surface area contributed by atoms with E-state index in [0.717, 1.165) is 5.75 Å². The topological polar surface area (TPSA) is 16.4 Å². The molecular weight excluding hydrogens is 467 g/mol. The van der Waals surface area contributed by atoms with Crippen LogP contribution >= 0.6 is 11.3 Å². The molecule has 1 aromatic heterocycles. The Labute approximate surface area is 182 Å². The lowest BCUT2D eigenvalue weighted by Crippen LogP contribution is -3.00. The molecule has 1 aliphatic rings. The van der Waals surface area contributed by atoms with Crippen LogP contribution in [0.4, 0.5) is 5.69 Å². The highest BCUT2D eigenvalue weighted by atomic mass is 127. The van der Waals surface area contributed by atoms with E-state index in [1.54, 1.807) is 18.4 Å². The highest BCUT2D eigenvalue weighted by molar-refractivity contribution is 7.18. The van der Waals surface area contributed by atoms with E-state index in [1.165, 1.54) is 58.8 Å². The van der Waals surface area contributed by atoms with Gasteiger partial charge in [-0.1, -0.05) is 23.5 Å². The molecule has 3 nitrogen and oxygen atoms in total. The number of aryl methyl sites for hydroxylation is 1. The van der Waals surface area contributed by atoms with E-state index in [9.17, 15) is 0 Å². The molecule has 2 heterocycles. The molecule has 1 fully saturated rings. The van der Waals surface area contributed by atoms with Gasteiger partial charge in [0.15, 0.2) is 0 Å². The second kappa shape index (κ2) is 9.06. The molecule has 1 saturated heterocycles. The van der Waals surface area contributed by atoms with E-state index in [4.69, 9.17) is 4.74 Å². The Kier molecular flexibility index (Phi) is 6.76. The average Bonchev–Trinajstić information content (AvgIpc) is 3.02. The van der Waals surface area contributed by atoms with Crippen molar-refractivity contribution in [2.75, 3.05) is 25.1 Å². The number of aromatic nitrogens is 1. The number of piperidine rings is 1. The van der Waals surface area contributed by atoms with E-state index in [-0.39, 0.29) is 24.0 Å². The van der Waals surface area contributed by atoms with Crippen molar-refractivity contribution < 1.29 is 33.3 Å². The van der Waals surface area contributed by atoms with Crippen LogP contribution in [-0.2, 0) is 7.05 Å². The molecule has 3 aromatic rings. The van der Waals surface area contributed by atoms with Crippen molar-refractivity contribution in [1.29, 1.82) is 0 Å². The van der Waals surface area contributed by atoms with Crippen molar-refractivity contribution >= 4 is 39.4 Å². The first-order valence-electron chi connectivity index (χ1n) is 9.24. The highest BCUT2D eigenvalue weighted by Gasteiger charge is 2.15. The van der Waals surface area contributed by atoms with Crippen LogP contribution in [0.5, 0.6) is 5.75 Å². The zero-order valence-corrected chi connectivity index (χ0v) is 18.8. The summed E-state index contributed by atoms with van der Waals surface area (Å²) in [6.45, 7) is 2.38. The van der Waals surface area contributed by atoms with Crippen LogP contribution in [0.15, 0.2) is 42.5 Å². The minimum atomic E-state index is 0. The van der Waals surface area contributed by atoms with Gasteiger partial charge >= 0.3 is 0 Å². The Hall–Kier alpha value is -1.60. The molecular formula is C22H25IN2OS. The van der Waals surface area contributed by atoms with E-state index in [0.29, 0.717) is 0 Å². The smallest absolute Gasteiger partial charge is 0.262 e.